The molecule has 0 spiro atoms. The molecule has 0 amide bonds. The molecule has 0 atom stereocenters. The van der Waals surface area contributed by atoms with E-state index in [1.54, 1.807) is 0 Å². The first-order chi connectivity index (χ1) is 13.6. The molecule has 32 heavy (non-hydrogen) atoms. The summed E-state index contributed by atoms with van der Waals surface area (Å²) >= 11 is 0. The zero-order chi connectivity index (χ0) is 25.7. The van der Waals surface area contributed by atoms with E-state index >= 15 is 0 Å². The summed E-state index contributed by atoms with van der Waals surface area (Å²) in [6.07, 6.45) is -1.67. The van der Waals surface area contributed by atoms with Crippen LogP contribution in [0.4, 0.5) is 0 Å². The Hall–Kier alpha value is -3.65. The molecule has 175 valence electrons. The average molecular weight is 748 g/mol. The molecular weight excluding hydrogens is 742 g/mol. The molecule has 0 bridgehead atoms. The SMILES string of the molecule is O=CC(=O)[O-].O=CC(=O)[O-].O=CC(=O)[O-].O=CC(=O)[O-].O=CC(=O)[O-].O=CC(=O)[O-].[Bi+3].[Ru+3]. The Morgan fingerprint density at radius 2 is 0.375 bits per heavy atom. The van der Waals surface area contributed by atoms with Gasteiger partial charge in [0.2, 0.25) is 0 Å². The van der Waals surface area contributed by atoms with E-state index in [-0.39, 0.29) is 83.4 Å². The molecule has 0 fully saturated rings. The second-order valence-electron chi connectivity index (χ2n) is 2.62. The normalized spacial score (nSPS) is 6.00. The van der Waals surface area contributed by atoms with Crippen LogP contribution in [0.1, 0.15) is 0 Å². The van der Waals surface area contributed by atoms with Crippen molar-refractivity contribution in [1.82, 2.24) is 0 Å². The summed E-state index contributed by atoms with van der Waals surface area (Å²) in [5.41, 5.74) is 0. The Morgan fingerprint density at radius 1 is 0.344 bits per heavy atom. The fourth-order valence-electron chi connectivity index (χ4n) is 0. The van der Waals surface area contributed by atoms with Gasteiger partial charge < -0.3 is 59.4 Å². The van der Waals surface area contributed by atoms with E-state index in [4.69, 9.17) is 88.2 Å². The summed E-state index contributed by atoms with van der Waals surface area (Å²) in [5, 5.41) is 53.3. The third kappa shape index (κ3) is 243. The maximum Gasteiger partial charge on any atom is 3.00 e. The van der Waals surface area contributed by atoms with E-state index in [9.17, 15) is 0 Å². The second kappa shape index (κ2) is 45.9. The van der Waals surface area contributed by atoms with E-state index in [0.29, 0.717) is 0 Å². The first-order valence-electron chi connectivity index (χ1n) is 5.60. The van der Waals surface area contributed by atoms with Gasteiger partial charge in [0.1, 0.15) is 35.8 Å². The zero-order valence-corrected chi connectivity index (χ0v) is 19.8. The van der Waals surface area contributed by atoms with Crippen molar-refractivity contribution in [2.24, 2.45) is 0 Å². The van der Waals surface area contributed by atoms with Crippen molar-refractivity contribution in [1.29, 1.82) is 0 Å². The van der Waals surface area contributed by atoms with Crippen molar-refractivity contribution in [3.8, 4) is 0 Å². The monoisotopic (exact) mass is 749 g/mol. The van der Waals surface area contributed by atoms with Crippen LogP contribution in [0.15, 0.2) is 0 Å². The minimum absolute atomic E-state index is 0. The van der Waals surface area contributed by atoms with Gasteiger partial charge in [0, 0.05) is 0 Å². The number of carbonyl (C=O) groups excluding carboxylic acids is 12. The molecule has 0 aliphatic carbocycles. The molecule has 0 N–H and O–H groups in total. The fraction of sp³-hybridized carbons (Fsp3) is 0. The quantitative estimate of drug-likeness (QED) is 0.138. The van der Waals surface area contributed by atoms with E-state index in [0.717, 1.165) is 0 Å². The number of carboxylic acid groups (broad SMARTS) is 6. The standard InChI is InChI=1S/6C2H2O3.Bi.Ru/c6*3-1-2(4)5;;/h6*1H,(H,4,5);;/q;;;;;;2*+3/p-6. The topological polar surface area (TPSA) is 343 Å². The van der Waals surface area contributed by atoms with Crippen LogP contribution in [0, 0.1) is 0 Å². The number of rotatable bonds is 6. The third-order valence-electron chi connectivity index (χ3n) is 0.577. The molecule has 0 aromatic heterocycles. The van der Waals surface area contributed by atoms with Crippen molar-refractivity contribution in [3.63, 3.8) is 0 Å². The molecule has 18 nitrogen and oxygen atoms in total. The molecule has 0 heterocycles. The first kappa shape index (κ1) is 51.2. The number of hydrogen-bond donors (Lipinski definition) is 0. The fourth-order valence-corrected chi connectivity index (χ4v) is 0. The molecule has 0 saturated carbocycles. The Kier molecular flexibility index (Phi) is 73.4. The molecule has 20 heteroatoms. The molecule has 0 aromatic carbocycles. The largest absolute Gasteiger partial charge is 3.00 e. The van der Waals surface area contributed by atoms with Crippen LogP contribution in [0.5, 0.6) is 0 Å². The van der Waals surface area contributed by atoms with E-state index in [1.165, 1.54) is 0 Å². The Morgan fingerprint density at radius 3 is 0.375 bits per heavy atom. The van der Waals surface area contributed by atoms with Gasteiger partial charge in [-0.1, -0.05) is 0 Å². The van der Waals surface area contributed by atoms with Crippen molar-refractivity contribution >= 4 is 99.7 Å². The second-order valence-corrected chi connectivity index (χ2v) is 2.62. The van der Waals surface area contributed by atoms with Crippen LogP contribution >= 0.6 is 0 Å². The van der Waals surface area contributed by atoms with Crippen LogP contribution in [-0.2, 0) is 77.0 Å². The number of carbonyl (C=O) groups is 12. The van der Waals surface area contributed by atoms with Gasteiger partial charge in [-0.3, -0.25) is 28.8 Å². The number of aliphatic carboxylic acids is 6. The molecule has 0 unspecified atom stereocenters. The molecular formula is C12H6BiO18Ru. The smallest absolute Gasteiger partial charge is 0.542 e. The van der Waals surface area contributed by atoms with Crippen LogP contribution in [0.2, 0.25) is 0 Å². The van der Waals surface area contributed by atoms with Crippen molar-refractivity contribution in [2.45, 2.75) is 0 Å². The minimum atomic E-state index is -1.68. The molecule has 0 aliphatic heterocycles. The third-order valence-corrected chi connectivity index (χ3v) is 0.577. The predicted molar refractivity (Wildman–Crippen MR) is 72.2 cm³/mol. The number of aldehydes is 6. The van der Waals surface area contributed by atoms with Gasteiger partial charge in [-0.15, -0.1) is 0 Å². The van der Waals surface area contributed by atoms with Crippen molar-refractivity contribution in [3.05, 3.63) is 0 Å². The predicted octanol–water partition coefficient (Wildman–Crippen LogP) is -12.8. The molecule has 0 rings (SSSR count). The summed E-state index contributed by atoms with van der Waals surface area (Å²) in [5.74, 6) is -10.1. The van der Waals surface area contributed by atoms with Gasteiger partial charge in [0.25, 0.3) is 0 Å². The Balaban J connectivity index is -0.0000000356. The molecule has 3 radical (unpaired) electrons. The van der Waals surface area contributed by atoms with E-state index in [2.05, 4.69) is 0 Å². The minimum Gasteiger partial charge on any atom is -0.542 e. The van der Waals surface area contributed by atoms with Crippen molar-refractivity contribution in [2.75, 3.05) is 0 Å². The maximum atomic E-state index is 8.89. The summed E-state index contributed by atoms with van der Waals surface area (Å²) in [4.78, 5) is 106. The van der Waals surface area contributed by atoms with E-state index in [1.807, 2.05) is 0 Å². The van der Waals surface area contributed by atoms with E-state index < -0.39 is 35.8 Å². The Labute approximate surface area is 207 Å². The summed E-state index contributed by atoms with van der Waals surface area (Å²) in [7, 11) is 0. The van der Waals surface area contributed by atoms with Gasteiger partial charge in [-0.05, 0) is 0 Å². The number of carboxylic acids is 6. The van der Waals surface area contributed by atoms with Crippen LogP contribution in [-0.4, -0.2) is 99.7 Å². The zero-order valence-electron chi connectivity index (χ0n) is 14.6. The number of hydrogen-bond acceptors (Lipinski definition) is 18. The van der Waals surface area contributed by atoms with Gasteiger partial charge in [-0.25, -0.2) is 0 Å². The molecule has 0 saturated heterocycles. The van der Waals surface area contributed by atoms with Gasteiger partial charge in [0.05, 0.1) is 0 Å². The van der Waals surface area contributed by atoms with Crippen LogP contribution in [0.3, 0.4) is 0 Å². The van der Waals surface area contributed by atoms with Crippen LogP contribution in [0.25, 0.3) is 0 Å². The van der Waals surface area contributed by atoms with Crippen molar-refractivity contribution < 1.29 is 108 Å². The summed E-state index contributed by atoms with van der Waals surface area (Å²) in [6, 6.07) is 0. The van der Waals surface area contributed by atoms with Gasteiger partial charge >= 0.3 is 45.7 Å². The van der Waals surface area contributed by atoms with Gasteiger partial charge in [0.15, 0.2) is 37.7 Å². The first-order valence-corrected chi connectivity index (χ1v) is 5.60. The van der Waals surface area contributed by atoms with Gasteiger partial charge in [-0.2, -0.15) is 0 Å². The summed E-state index contributed by atoms with van der Waals surface area (Å²) < 4.78 is 0. The average Bonchev–Trinajstić information content (AvgIpc) is 2.69. The maximum absolute atomic E-state index is 8.89. The van der Waals surface area contributed by atoms with Crippen LogP contribution < -0.4 is 30.6 Å². The Bertz CT molecular complexity index is 488. The molecule has 0 aromatic rings. The summed E-state index contributed by atoms with van der Waals surface area (Å²) in [6.45, 7) is 0. The molecule has 0 aliphatic rings.